The second-order valence-corrected chi connectivity index (χ2v) is 5.46. The van der Waals surface area contributed by atoms with Gasteiger partial charge in [-0.05, 0) is 39.3 Å². The third-order valence-electron chi connectivity index (χ3n) is 3.60. The number of hydrogen-bond acceptors (Lipinski definition) is 2. The lowest BCUT2D eigenvalue weighted by molar-refractivity contribution is 0.264. The van der Waals surface area contributed by atoms with Crippen molar-refractivity contribution < 1.29 is 0 Å². The Labute approximate surface area is 135 Å². The normalized spacial score (nSPS) is 17.0. The minimum absolute atomic E-state index is 0. The molecule has 0 aliphatic heterocycles. The fourth-order valence-corrected chi connectivity index (χ4v) is 2.26. The molecule has 1 aliphatic carbocycles. The molecule has 1 unspecified atom stereocenters. The Kier molecular flexibility index (Phi) is 10.7. The highest BCUT2D eigenvalue weighted by Gasteiger charge is 2.32. The van der Waals surface area contributed by atoms with Crippen molar-refractivity contribution in [2.45, 2.75) is 45.1 Å². The van der Waals surface area contributed by atoms with E-state index in [1.165, 1.54) is 32.1 Å². The molecule has 1 saturated carbocycles. The zero-order chi connectivity index (χ0) is 13.4. The largest absolute Gasteiger partial charge is 0.356 e. The van der Waals surface area contributed by atoms with E-state index < -0.39 is 0 Å². The molecule has 114 valence electrons. The first-order valence-electron chi connectivity index (χ1n) is 7.30. The van der Waals surface area contributed by atoms with Crippen LogP contribution in [-0.4, -0.2) is 51.1 Å². The lowest BCUT2D eigenvalue weighted by atomic mass is 10.1. The quantitative estimate of drug-likeness (QED) is 0.293. The van der Waals surface area contributed by atoms with Crippen LogP contribution in [0.4, 0.5) is 0 Å². The summed E-state index contributed by atoms with van der Waals surface area (Å²) in [5.41, 5.74) is 0. The molecule has 0 amide bonds. The Bertz CT molecular complexity index is 250. The number of halogens is 1. The topological polar surface area (TPSA) is 39.7 Å². The summed E-state index contributed by atoms with van der Waals surface area (Å²) in [6.45, 7) is 4.24. The van der Waals surface area contributed by atoms with E-state index in [1.54, 1.807) is 0 Å². The van der Waals surface area contributed by atoms with E-state index in [2.05, 4.69) is 41.5 Å². The Hall–Kier alpha value is -0.0400. The van der Waals surface area contributed by atoms with E-state index in [9.17, 15) is 0 Å². The number of unbranched alkanes of at least 4 members (excludes halogenated alkanes) is 2. The van der Waals surface area contributed by atoms with E-state index >= 15 is 0 Å². The minimum Gasteiger partial charge on any atom is -0.356 e. The van der Waals surface area contributed by atoms with Crippen LogP contribution in [-0.2, 0) is 0 Å². The summed E-state index contributed by atoms with van der Waals surface area (Å²) in [6, 6.07) is 0.638. The summed E-state index contributed by atoms with van der Waals surface area (Å²) in [7, 11) is 6.18. The lowest BCUT2D eigenvalue weighted by Crippen LogP contribution is -2.46. The Morgan fingerprint density at radius 2 is 1.95 bits per heavy atom. The predicted molar refractivity (Wildman–Crippen MR) is 94.5 cm³/mol. The van der Waals surface area contributed by atoms with Crippen LogP contribution < -0.4 is 10.6 Å². The maximum Gasteiger partial charge on any atom is 0.191 e. The maximum absolute atomic E-state index is 4.27. The molecule has 19 heavy (non-hydrogen) atoms. The number of hydrogen-bond donors (Lipinski definition) is 2. The molecule has 1 fully saturated rings. The highest BCUT2D eigenvalue weighted by Crippen LogP contribution is 2.34. The molecule has 1 atom stereocenters. The summed E-state index contributed by atoms with van der Waals surface area (Å²) in [4.78, 5) is 6.60. The van der Waals surface area contributed by atoms with Crippen LogP contribution in [0.1, 0.15) is 39.0 Å². The summed E-state index contributed by atoms with van der Waals surface area (Å²) in [5.74, 6) is 1.82. The van der Waals surface area contributed by atoms with Crippen LogP contribution in [0.2, 0.25) is 0 Å². The average Bonchev–Trinajstić information content (AvgIpc) is 3.16. The van der Waals surface area contributed by atoms with E-state index in [4.69, 9.17) is 0 Å². The van der Waals surface area contributed by atoms with Gasteiger partial charge < -0.3 is 15.5 Å². The molecular weight excluding hydrogens is 351 g/mol. The molecule has 0 aromatic carbocycles. The molecule has 0 radical (unpaired) electrons. The molecule has 0 aromatic rings. The van der Waals surface area contributed by atoms with Crippen molar-refractivity contribution in [3.8, 4) is 0 Å². The first-order chi connectivity index (χ1) is 8.69. The van der Waals surface area contributed by atoms with Crippen LogP contribution in [0.25, 0.3) is 0 Å². The van der Waals surface area contributed by atoms with Gasteiger partial charge in [0.05, 0.1) is 0 Å². The third-order valence-corrected chi connectivity index (χ3v) is 3.60. The molecule has 2 N–H and O–H groups in total. The van der Waals surface area contributed by atoms with Gasteiger partial charge in [0, 0.05) is 26.2 Å². The summed E-state index contributed by atoms with van der Waals surface area (Å²) < 4.78 is 0. The number of likely N-dealkylation sites (N-methyl/N-ethyl adjacent to an activating group) is 1. The molecule has 1 rings (SSSR count). The smallest absolute Gasteiger partial charge is 0.191 e. The predicted octanol–water partition coefficient (Wildman–Crippen LogP) is 2.30. The number of rotatable bonds is 8. The monoisotopic (exact) mass is 382 g/mol. The van der Waals surface area contributed by atoms with Crippen LogP contribution in [0, 0.1) is 5.92 Å². The minimum atomic E-state index is 0. The van der Waals surface area contributed by atoms with E-state index in [0.717, 1.165) is 25.0 Å². The number of nitrogens with one attached hydrogen (secondary N) is 2. The molecule has 0 saturated heterocycles. The van der Waals surface area contributed by atoms with E-state index in [-0.39, 0.29) is 24.0 Å². The fraction of sp³-hybridized carbons (Fsp3) is 0.929. The zero-order valence-corrected chi connectivity index (χ0v) is 15.2. The highest BCUT2D eigenvalue weighted by atomic mass is 127. The van der Waals surface area contributed by atoms with Crippen LogP contribution in [0.15, 0.2) is 4.99 Å². The van der Waals surface area contributed by atoms with Crippen molar-refractivity contribution in [3.63, 3.8) is 0 Å². The summed E-state index contributed by atoms with van der Waals surface area (Å²) in [5, 5.41) is 6.82. The van der Waals surface area contributed by atoms with Crippen molar-refractivity contribution >= 4 is 29.9 Å². The number of guanidine groups is 1. The Balaban J connectivity index is 0.00000324. The van der Waals surface area contributed by atoms with E-state index in [0.29, 0.717) is 6.04 Å². The molecule has 0 aromatic heterocycles. The second kappa shape index (κ2) is 10.7. The van der Waals surface area contributed by atoms with E-state index in [1.807, 2.05) is 7.05 Å². The summed E-state index contributed by atoms with van der Waals surface area (Å²) in [6.07, 6.45) is 6.53. The van der Waals surface area contributed by atoms with Crippen LogP contribution in [0.5, 0.6) is 0 Å². The van der Waals surface area contributed by atoms with Gasteiger partial charge in [0.15, 0.2) is 5.96 Å². The van der Waals surface area contributed by atoms with Gasteiger partial charge >= 0.3 is 0 Å². The first-order valence-corrected chi connectivity index (χ1v) is 7.30. The van der Waals surface area contributed by atoms with Gasteiger partial charge in [-0.1, -0.05) is 19.8 Å². The lowest BCUT2D eigenvalue weighted by Gasteiger charge is -2.25. The highest BCUT2D eigenvalue weighted by molar-refractivity contribution is 14.0. The van der Waals surface area contributed by atoms with Gasteiger partial charge in [0.1, 0.15) is 0 Å². The van der Waals surface area contributed by atoms with Gasteiger partial charge in [0.25, 0.3) is 0 Å². The standard InChI is InChI=1S/C14H30N4.HI/c1-5-6-7-10-16-14(15-2)17-11-13(18(3)4)12-8-9-12;/h12-13H,5-11H2,1-4H3,(H2,15,16,17);1H. The number of nitrogens with zero attached hydrogens (tertiary/aromatic N) is 2. The molecule has 1 aliphatic rings. The van der Waals surface area contributed by atoms with Gasteiger partial charge in [-0.25, -0.2) is 0 Å². The van der Waals surface area contributed by atoms with Crippen molar-refractivity contribution in [2.24, 2.45) is 10.9 Å². The molecule has 4 nitrogen and oxygen atoms in total. The summed E-state index contributed by atoms with van der Waals surface area (Å²) >= 11 is 0. The van der Waals surface area contributed by atoms with Crippen molar-refractivity contribution in [3.05, 3.63) is 0 Å². The Morgan fingerprint density at radius 1 is 1.26 bits per heavy atom. The van der Waals surface area contributed by atoms with Gasteiger partial charge in [-0.3, -0.25) is 4.99 Å². The maximum atomic E-state index is 4.27. The van der Waals surface area contributed by atoms with Crippen LogP contribution in [0.3, 0.4) is 0 Å². The van der Waals surface area contributed by atoms with Gasteiger partial charge in [0.2, 0.25) is 0 Å². The Morgan fingerprint density at radius 3 is 2.42 bits per heavy atom. The second-order valence-electron chi connectivity index (χ2n) is 5.46. The van der Waals surface area contributed by atoms with Crippen molar-refractivity contribution in [1.82, 2.24) is 15.5 Å². The first kappa shape index (κ1) is 19.0. The molecule has 0 bridgehead atoms. The molecular formula is C14H31IN4. The molecule has 0 spiro atoms. The van der Waals surface area contributed by atoms with Crippen molar-refractivity contribution in [2.75, 3.05) is 34.2 Å². The van der Waals surface area contributed by atoms with Crippen LogP contribution >= 0.6 is 24.0 Å². The molecule has 0 heterocycles. The third kappa shape index (κ3) is 7.97. The average molecular weight is 382 g/mol. The fourth-order valence-electron chi connectivity index (χ4n) is 2.26. The van der Waals surface area contributed by atoms with Gasteiger partial charge in [-0.15, -0.1) is 24.0 Å². The zero-order valence-electron chi connectivity index (χ0n) is 12.9. The molecule has 5 heteroatoms. The van der Waals surface area contributed by atoms with Gasteiger partial charge in [-0.2, -0.15) is 0 Å². The number of aliphatic imine (C=N–C) groups is 1. The SMILES string of the molecule is CCCCCNC(=NC)NCC(C1CC1)N(C)C.I. The van der Waals surface area contributed by atoms with Crippen molar-refractivity contribution in [1.29, 1.82) is 0 Å².